The van der Waals surface area contributed by atoms with E-state index in [4.69, 9.17) is 9.47 Å². The maximum absolute atomic E-state index is 12.7. The van der Waals surface area contributed by atoms with Crippen molar-refractivity contribution in [3.63, 3.8) is 0 Å². The summed E-state index contributed by atoms with van der Waals surface area (Å²) in [5.41, 5.74) is 3.81. The molecular weight excluding hydrogens is 436 g/mol. The molecule has 1 saturated heterocycles. The molecule has 0 unspecified atom stereocenters. The van der Waals surface area contributed by atoms with Gasteiger partial charge in [0.1, 0.15) is 12.6 Å². The molecule has 0 spiro atoms. The molecule has 1 aliphatic carbocycles. The molecule has 180 valence electrons. The van der Waals surface area contributed by atoms with Gasteiger partial charge in [0.2, 0.25) is 0 Å². The average molecular weight is 467 g/mol. The minimum Gasteiger partial charge on any atom is -0.480 e. The van der Waals surface area contributed by atoms with E-state index in [2.05, 4.69) is 22.8 Å². The third-order valence-corrected chi connectivity index (χ3v) is 6.40. The van der Waals surface area contributed by atoms with E-state index in [1.54, 1.807) is 20.8 Å². The van der Waals surface area contributed by atoms with Crippen molar-refractivity contribution in [3.05, 3.63) is 59.7 Å². The molecule has 2 amide bonds. The minimum atomic E-state index is -1.13. The Bertz CT molecular complexity index is 1050. The molecule has 2 aromatic rings. The normalized spacial score (nSPS) is 20.2. The van der Waals surface area contributed by atoms with Gasteiger partial charge in [0.25, 0.3) is 5.91 Å². The lowest BCUT2D eigenvalue weighted by Crippen LogP contribution is -2.55. The lowest BCUT2D eigenvalue weighted by atomic mass is 9.86. The molecule has 1 heterocycles. The molecule has 2 aromatic carbocycles. The fourth-order valence-corrected chi connectivity index (χ4v) is 4.66. The second-order valence-corrected chi connectivity index (χ2v) is 9.80. The summed E-state index contributed by atoms with van der Waals surface area (Å²) in [6.07, 6.45) is -1.19. The molecular formula is C26H30N2O6. The summed E-state index contributed by atoms with van der Waals surface area (Å²) in [5.74, 6) is -1.76. The van der Waals surface area contributed by atoms with Crippen LogP contribution in [0.3, 0.4) is 0 Å². The fraction of sp³-hybridized carbons (Fsp3) is 0.423. The first-order chi connectivity index (χ1) is 16.2. The van der Waals surface area contributed by atoms with Crippen LogP contribution in [0.25, 0.3) is 11.1 Å². The zero-order valence-corrected chi connectivity index (χ0v) is 19.5. The number of aliphatic carboxylic acids is 1. The van der Waals surface area contributed by atoms with Gasteiger partial charge in [-0.3, -0.25) is 4.79 Å². The Hall–Kier alpha value is -3.39. The van der Waals surface area contributed by atoms with E-state index in [1.807, 2.05) is 36.4 Å². The van der Waals surface area contributed by atoms with E-state index < -0.39 is 41.6 Å². The number of carbonyl (C=O) groups is 3. The zero-order valence-electron chi connectivity index (χ0n) is 19.5. The second-order valence-electron chi connectivity index (χ2n) is 9.80. The van der Waals surface area contributed by atoms with Crippen molar-refractivity contribution in [2.75, 3.05) is 13.2 Å². The summed E-state index contributed by atoms with van der Waals surface area (Å²) >= 11 is 0. The molecule has 1 fully saturated rings. The van der Waals surface area contributed by atoms with E-state index >= 15 is 0 Å². The molecule has 4 rings (SSSR count). The Morgan fingerprint density at radius 3 is 2.21 bits per heavy atom. The Labute approximate surface area is 198 Å². The number of ether oxygens (including phenoxy) is 2. The SMILES string of the molecule is CC(C)(C)[C@@H](NC(=O)[C@H]1OCC[C@H]1NC(=O)OCC1c2ccccc2-c2ccccc21)C(=O)O. The Balaban J connectivity index is 1.38. The van der Waals surface area contributed by atoms with E-state index in [-0.39, 0.29) is 19.1 Å². The number of rotatable bonds is 6. The van der Waals surface area contributed by atoms with E-state index in [0.717, 1.165) is 22.3 Å². The first-order valence-electron chi connectivity index (χ1n) is 11.4. The van der Waals surface area contributed by atoms with Crippen LogP contribution in [-0.4, -0.2) is 54.5 Å². The molecule has 3 N–H and O–H groups in total. The van der Waals surface area contributed by atoms with Crippen LogP contribution in [0.4, 0.5) is 4.79 Å². The molecule has 3 atom stereocenters. The van der Waals surface area contributed by atoms with Crippen LogP contribution < -0.4 is 10.6 Å². The molecule has 1 aliphatic heterocycles. The van der Waals surface area contributed by atoms with Gasteiger partial charge < -0.3 is 25.2 Å². The first-order valence-corrected chi connectivity index (χ1v) is 11.4. The van der Waals surface area contributed by atoms with Crippen LogP contribution in [-0.2, 0) is 19.1 Å². The Kier molecular flexibility index (Phi) is 6.61. The molecule has 0 radical (unpaired) electrons. The largest absolute Gasteiger partial charge is 0.480 e. The number of alkyl carbamates (subject to hydrolysis) is 1. The third kappa shape index (κ3) is 4.77. The number of amides is 2. The van der Waals surface area contributed by atoms with Crippen molar-refractivity contribution in [2.45, 2.75) is 51.3 Å². The number of hydrogen-bond acceptors (Lipinski definition) is 5. The predicted octanol–water partition coefficient (Wildman–Crippen LogP) is 3.30. The molecule has 0 saturated carbocycles. The van der Waals surface area contributed by atoms with Crippen molar-refractivity contribution in [1.29, 1.82) is 0 Å². The van der Waals surface area contributed by atoms with Gasteiger partial charge in [0.05, 0.1) is 6.04 Å². The molecule has 0 bridgehead atoms. The monoisotopic (exact) mass is 466 g/mol. The molecule has 0 aromatic heterocycles. The van der Waals surface area contributed by atoms with Gasteiger partial charge >= 0.3 is 12.1 Å². The van der Waals surface area contributed by atoms with Gasteiger partial charge in [-0.05, 0) is 34.1 Å². The summed E-state index contributed by atoms with van der Waals surface area (Å²) in [6, 6.07) is 14.4. The quantitative estimate of drug-likeness (QED) is 0.602. The van der Waals surface area contributed by atoms with Gasteiger partial charge in [-0.2, -0.15) is 0 Å². The van der Waals surface area contributed by atoms with Crippen molar-refractivity contribution in [1.82, 2.24) is 10.6 Å². The highest BCUT2D eigenvalue weighted by atomic mass is 16.6. The summed E-state index contributed by atoms with van der Waals surface area (Å²) in [5, 5.41) is 14.8. The lowest BCUT2D eigenvalue weighted by molar-refractivity contribution is -0.147. The number of carboxylic acids is 1. The number of carbonyl (C=O) groups excluding carboxylic acids is 2. The van der Waals surface area contributed by atoms with Crippen molar-refractivity contribution in [3.8, 4) is 11.1 Å². The van der Waals surface area contributed by atoms with Crippen LogP contribution in [0.5, 0.6) is 0 Å². The van der Waals surface area contributed by atoms with Gasteiger partial charge in [0.15, 0.2) is 6.10 Å². The number of nitrogens with one attached hydrogen (secondary N) is 2. The second kappa shape index (κ2) is 9.46. The highest BCUT2D eigenvalue weighted by Gasteiger charge is 2.40. The van der Waals surface area contributed by atoms with Crippen molar-refractivity contribution >= 4 is 18.0 Å². The van der Waals surface area contributed by atoms with Gasteiger partial charge in [-0.25, -0.2) is 9.59 Å². The highest BCUT2D eigenvalue weighted by Crippen LogP contribution is 2.44. The Morgan fingerprint density at radius 2 is 1.65 bits per heavy atom. The van der Waals surface area contributed by atoms with Crippen molar-refractivity contribution < 1.29 is 29.0 Å². The molecule has 34 heavy (non-hydrogen) atoms. The van der Waals surface area contributed by atoms with Gasteiger partial charge in [-0.15, -0.1) is 0 Å². The highest BCUT2D eigenvalue weighted by molar-refractivity contribution is 5.88. The van der Waals surface area contributed by atoms with E-state index in [1.165, 1.54) is 0 Å². The Morgan fingerprint density at radius 1 is 1.06 bits per heavy atom. The van der Waals surface area contributed by atoms with Crippen LogP contribution in [0.15, 0.2) is 48.5 Å². The zero-order chi connectivity index (χ0) is 24.5. The lowest BCUT2D eigenvalue weighted by Gasteiger charge is -2.29. The maximum Gasteiger partial charge on any atom is 0.407 e. The minimum absolute atomic E-state index is 0.0693. The standard InChI is InChI=1S/C26H30N2O6/c1-26(2,3)22(24(30)31)28-23(29)21-20(12-13-33-21)27-25(32)34-14-19-17-10-6-4-8-15(17)16-9-5-7-11-18(16)19/h4-11,19-22H,12-14H2,1-3H3,(H,27,32)(H,28,29)(H,30,31)/t20-,21+,22+/m1/s1. The number of fused-ring (bicyclic) bond motifs is 3. The van der Waals surface area contributed by atoms with E-state index in [0.29, 0.717) is 6.42 Å². The number of carboxylic acid groups (broad SMARTS) is 1. The summed E-state index contributed by atoms with van der Waals surface area (Å²) in [4.78, 5) is 37.0. The first kappa shape index (κ1) is 23.8. The fourth-order valence-electron chi connectivity index (χ4n) is 4.66. The van der Waals surface area contributed by atoms with Crippen LogP contribution >= 0.6 is 0 Å². The topological polar surface area (TPSA) is 114 Å². The summed E-state index contributed by atoms with van der Waals surface area (Å²) < 4.78 is 11.1. The van der Waals surface area contributed by atoms with Crippen LogP contribution in [0.2, 0.25) is 0 Å². The predicted molar refractivity (Wildman–Crippen MR) is 125 cm³/mol. The molecule has 8 nitrogen and oxygen atoms in total. The molecule has 8 heteroatoms. The van der Waals surface area contributed by atoms with Crippen LogP contribution in [0, 0.1) is 5.41 Å². The van der Waals surface area contributed by atoms with Crippen LogP contribution in [0.1, 0.15) is 44.2 Å². The number of hydrogen-bond donors (Lipinski definition) is 3. The summed E-state index contributed by atoms with van der Waals surface area (Å²) in [6.45, 7) is 5.63. The summed E-state index contributed by atoms with van der Waals surface area (Å²) in [7, 11) is 0. The molecule has 2 aliphatic rings. The van der Waals surface area contributed by atoms with Gasteiger partial charge in [0, 0.05) is 12.5 Å². The van der Waals surface area contributed by atoms with Crippen molar-refractivity contribution in [2.24, 2.45) is 5.41 Å². The smallest absolute Gasteiger partial charge is 0.407 e. The number of benzene rings is 2. The maximum atomic E-state index is 12.7. The average Bonchev–Trinajstić information content (AvgIpc) is 3.37. The third-order valence-electron chi connectivity index (χ3n) is 6.40. The van der Waals surface area contributed by atoms with Gasteiger partial charge in [-0.1, -0.05) is 69.3 Å². The van der Waals surface area contributed by atoms with E-state index in [9.17, 15) is 19.5 Å².